The standard InChI is InChI=1S/C16H26Br2S/c1-2-3-4-5-6-7-8-9-10-11-14(17)15-12-13-16(18)19-15/h12-14H,2-11H2,1H3. The lowest BCUT2D eigenvalue weighted by atomic mass is 10.1. The van der Waals surface area contributed by atoms with E-state index in [2.05, 4.69) is 50.9 Å². The van der Waals surface area contributed by atoms with Crippen LogP contribution >= 0.6 is 43.2 Å². The van der Waals surface area contributed by atoms with Gasteiger partial charge in [-0.3, -0.25) is 0 Å². The Kier molecular flexibility index (Phi) is 10.6. The topological polar surface area (TPSA) is 0 Å². The second kappa shape index (κ2) is 11.3. The summed E-state index contributed by atoms with van der Waals surface area (Å²) in [7, 11) is 0. The molecule has 1 heterocycles. The summed E-state index contributed by atoms with van der Waals surface area (Å²) in [4.78, 5) is 2.00. The highest BCUT2D eigenvalue weighted by Crippen LogP contribution is 2.35. The third-order valence-electron chi connectivity index (χ3n) is 3.46. The van der Waals surface area contributed by atoms with Crippen LogP contribution in [-0.4, -0.2) is 0 Å². The van der Waals surface area contributed by atoms with Gasteiger partial charge in [0.15, 0.2) is 0 Å². The van der Waals surface area contributed by atoms with Crippen LogP contribution in [-0.2, 0) is 0 Å². The quantitative estimate of drug-likeness (QED) is 0.257. The van der Waals surface area contributed by atoms with Crippen LogP contribution in [0, 0.1) is 0 Å². The summed E-state index contributed by atoms with van der Waals surface area (Å²) in [5, 5.41) is 0. The molecule has 0 aliphatic rings. The highest BCUT2D eigenvalue weighted by molar-refractivity contribution is 9.11. The van der Waals surface area contributed by atoms with E-state index < -0.39 is 0 Å². The first kappa shape index (κ1) is 17.7. The van der Waals surface area contributed by atoms with Gasteiger partial charge in [0, 0.05) is 9.70 Å². The normalized spacial score (nSPS) is 12.8. The van der Waals surface area contributed by atoms with Gasteiger partial charge in [0.05, 0.1) is 3.79 Å². The molecule has 0 aromatic carbocycles. The van der Waals surface area contributed by atoms with Gasteiger partial charge in [-0.05, 0) is 34.5 Å². The van der Waals surface area contributed by atoms with Gasteiger partial charge < -0.3 is 0 Å². The minimum Gasteiger partial charge on any atom is -0.132 e. The molecule has 1 rings (SSSR count). The second-order valence-corrected chi connectivity index (χ2v) is 8.83. The lowest BCUT2D eigenvalue weighted by molar-refractivity contribution is 0.556. The average molecular weight is 410 g/mol. The molecule has 1 aromatic rings. The van der Waals surface area contributed by atoms with Crippen LogP contribution in [0.2, 0.25) is 0 Å². The molecule has 0 spiro atoms. The van der Waals surface area contributed by atoms with Gasteiger partial charge >= 0.3 is 0 Å². The summed E-state index contributed by atoms with van der Waals surface area (Å²) in [6.45, 7) is 2.28. The molecule has 0 aliphatic heterocycles. The molecule has 110 valence electrons. The fourth-order valence-corrected chi connectivity index (χ4v) is 4.47. The van der Waals surface area contributed by atoms with E-state index in [1.807, 2.05) is 11.3 Å². The van der Waals surface area contributed by atoms with Crippen molar-refractivity contribution in [1.82, 2.24) is 0 Å². The Morgan fingerprint density at radius 3 is 2.05 bits per heavy atom. The predicted molar refractivity (Wildman–Crippen MR) is 95.5 cm³/mol. The van der Waals surface area contributed by atoms with Crippen molar-refractivity contribution in [3.8, 4) is 0 Å². The summed E-state index contributed by atoms with van der Waals surface area (Å²) in [6.07, 6.45) is 13.9. The molecule has 0 amide bonds. The zero-order valence-corrected chi connectivity index (χ0v) is 16.0. The van der Waals surface area contributed by atoms with Gasteiger partial charge in [-0.1, -0.05) is 80.6 Å². The molecular formula is C16H26Br2S. The zero-order valence-electron chi connectivity index (χ0n) is 12.0. The van der Waals surface area contributed by atoms with Crippen molar-refractivity contribution < 1.29 is 0 Å². The fraction of sp³-hybridized carbons (Fsp3) is 0.750. The number of halogens is 2. The molecule has 0 saturated heterocycles. The summed E-state index contributed by atoms with van der Waals surface area (Å²) in [6, 6.07) is 4.37. The van der Waals surface area contributed by atoms with Crippen LogP contribution in [0.1, 0.15) is 80.8 Å². The van der Waals surface area contributed by atoms with E-state index in [4.69, 9.17) is 0 Å². The summed E-state index contributed by atoms with van der Waals surface area (Å²) >= 11 is 9.17. The molecular weight excluding hydrogens is 384 g/mol. The van der Waals surface area contributed by atoms with Crippen molar-refractivity contribution in [2.45, 2.75) is 76.0 Å². The van der Waals surface area contributed by atoms with Gasteiger partial charge in [-0.2, -0.15) is 0 Å². The van der Waals surface area contributed by atoms with E-state index in [0.717, 1.165) is 0 Å². The van der Waals surface area contributed by atoms with Gasteiger partial charge in [0.1, 0.15) is 0 Å². The van der Waals surface area contributed by atoms with Gasteiger partial charge in [0.2, 0.25) is 0 Å². The van der Waals surface area contributed by atoms with Crippen molar-refractivity contribution in [3.05, 3.63) is 20.8 Å². The Morgan fingerprint density at radius 2 is 1.53 bits per heavy atom. The molecule has 0 fully saturated rings. The number of unbranched alkanes of at least 4 members (excludes halogenated alkanes) is 8. The van der Waals surface area contributed by atoms with Crippen molar-refractivity contribution in [3.63, 3.8) is 0 Å². The molecule has 19 heavy (non-hydrogen) atoms. The molecule has 1 aromatic heterocycles. The van der Waals surface area contributed by atoms with Crippen molar-refractivity contribution in [1.29, 1.82) is 0 Å². The zero-order chi connectivity index (χ0) is 13.9. The molecule has 0 aliphatic carbocycles. The van der Waals surface area contributed by atoms with Crippen LogP contribution in [0.3, 0.4) is 0 Å². The molecule has 0 bridgehead atoms. The van der Waals surface area contributed by atoms with Crippen LogP contribution in [0.5, 0.6) is 0 Å². The van der Waals surface area contributed by atoms with Crippen molar-refractivity contribution in [2.75, 3.05) is 0 Å². The summed E-state index contributed by atoms with van der Waals surface area (Å²) in [5.41, 5.74) is 0. The SMILES string of the molecule is CCCCCCCCCCCC(Br)c1ccc(Br)s1. The maximum absolute atomic E-state index is 3.80. The smallest absolute Gasteiger partial charge is 0.0701 e. The Morgan fingerprint density at radius 1 is 0.947 bits per heavy atom. The Bertz CT molecular complexity index is 322. The number of rotatable bonds is 11. The Labute approximate surface area is 139 Å². The number of alkyl halides is 1. The third kappa shape index (κ3) is 8.52. The minimum absolute atomic E-state index is 0.549. The number of thiophene rings is 1. The molecule has 3 heteroatoms. The average Bonchev–Trinajstić information content (AvgIpc) is 2.83. The van der Waals surface area contributed by atoms with Gasteiger partial charge in [-0.15, -0.1) is 11.3 Å². The van der Waals surface area contributed by atoms with Gasteiger partial charge in [0.25, 0.3) is 0 Å². The van der Waals surface area contributed by atoms with Crippen molar-refractivity contribution in [2.24, 2.45) is 0 Å². The predicted octanol–water partition coefficient (Wildman–Crippen LogP) is 7.87. The largest absolute Gasteiger partial charge is 0.132 e. The van der Waals surface area contributed by atoms with Crippen LogP contribution in [0.15, 0.2) is 15.9 Å². The van der Waals surface area contributed by atoms with E-state index in [-0.39, 0.29) is 0 Å². The lowest BCUT2D eigenvalue weighted by Crippen LogP contribution is -1.87. The third-order valence-corrected chi connectivity index (χ3v) is 6.46. The highest BCUT2D eigenvalue weighted by atomic mass is 79.9. The first-order valence-electron chi connectivity index (χ1n) is 7.63. The highest BCUT2D eigenvalue weighted by Gasteiger charge is 2.09. The molecule has 0 nitrogen and oxygen atoms in total. The number of hydrogen-bond donors (Lipinski definition) is 0. The van der Waals surface area contributed by atoms with E-state index in [0.29, 0.717) is 4.83 Å². The number of hydrogen-bond acceptors (Lipinski definition) is 1. The minimum atomic E-state index is 0.549. The van der Waals surface area contributed by atoms with Crippen LogP contribution < -0.4 is 0 Å². The molecule has 0 radical (unpaired) electrons. The van der Waals surface area contributed by atoms with E-state index in [9.17, 15) is 0 Å². The van der Waals surface area contributed by atoms with Crippen LogP contribution in [0.4, 0.5) is 0 Å². The van der Waals surface area contributed by atoms with Crippen molar-refractivity contribution >= 4 is 43.2 Å². The Hall–Kier alpha value is 0.660. The molecule has 0 N–H and O–H groups in total. The van der Waals surface area contributed by atoms with E-state index in [1.54, 1.807) is 0 Å². The first-order valence-corrected chi connectivity index (χ1v) is 10.2. The van der Waals surface area contributed by atoms with E-state index >= 15 is 0 Å². The van der Waals surface area contributed by atoms with Gasteiger partial charge in [-0.25, -0.2) is 0 Å². The summed E-state index contributed by atoms with van der Waals surface area (Å²) in [5.74, 6) is 0. The van der Waals surface area contributed by atoms with Crippen LogP contribution in [0.25, 0.3) is 0 Å². The lowest BCUT2D eigenvalue weighted by Gasteiger charge is -2.07. The monoisotopic (exact) mass is 408 g/mol. The molecule has 1 atom stereocenters. The first-order chi connectivity index (χ1) is 9.24. The Balaban J connectivity index is 1.93. The molecule has 1 unspecified atom stereocenters. The van der Waals surface area contributed by atoms with E-state index in [1.165, 1.54) is 72.9 Å². The molecule has 0 saturated carbocycles. The fourth-order valence-electron chi connectivity index (χ4n) is 2.27. The second-order valence-electron chi connectivity index (χ2n) is 5.23. The summed E-state index contributed by atoms with van der Waals surface area (Å²) < 4.78 is 1.24. The maximum atomic E-state index is 3.80. The maximum Gasteiger partial charge on any atom is 0.0701 e.